The van der Waals surface area contributed by atoms with Gasteiger partial charge in [-0.15, -0.1) is 0 Å². The fourth-order valence-corrected chi connectivity index (χ4v) is 4.01. The van der Waals surface area contributed by atoms with Crippen molar-refractivity contribution in [3.05, 3.63) is 95.1 Å². The molecule has 0 bridgehead atoms. The number of hydrogen-bond acceptors (Lipinski definition) is 10. The summed E-state index contributed by atoms with van der Waals surface area (Å²) in [5, 5.41) is 44.4. The fourth-order valence-electron chi connectivity index (χ4n) is 4.01. The highest BCUT2D eigenvalue weighted by Gasteiger charge is 2.20. The molecule has 4 aromatic rings. The van der Waals surface area contributed by atoms with Crippen molar-refractivity contribution in [1.29, 1.82) is 0 Å². The lowest BCUT2D eigenvalue weighted by atomic mass is 10.0. The highest BCUT2D eigenvalue weighted by atomic mass is 16.6. The Morgan fingerprint density at radius 3 is 1.52 bits per heavy atom. The van der Waals surface area contributed by atoms with E-state index in [1.165, 1.54) is 48.5 Å². The molecule has 0 saturated carbocycles. The summed E-state index contributed by atoms with van der Waals surface area (Å²) in [4.78, 5) is 69.4. The number of phenolic OH excluding ortho intramolecular Hbond substituents is 2. The normalized spacial score (nSPS) is 10.3. The number of carbonyl (C=O) groups is 6. The van der Waals surface area contributed by atoms with E-state index in [2.05, 4.69) is 15.4 Å². The molecule has 14 nitrogen and oxygen atoms in total. The monoisotopic (exact) mass is 600 g/mol. The minimum absolute atomic E-state index is 0.0168. The van der Waals surface area contributed by atoms with E-state index >= 15 is 0 Å². The Kier molecular flexibility index (Phi) is 8.85. The Labute approximate surface area is 246 Å². The SMILES string of the molecule is O=COc1ccc(C(=O)Nc2ccc(-c3ccc(NC(=O)c4ccc(C(=O)O)c(C(=O)O)c4)c(O)c3)cc2O)cc1OC=O. The van der Waals surface area contributed by atoms with Gasteiger partial charge in [-0.3, -0.25) is 19.2 Å². The summed E-state index contributed by atoms with van der Waals surface area (Å²) in [5.41, 5.74) is -0.397. The van der Waals surface area contributed by atoms with E-state index < -0.39 is 34.9 Å². The number of phenols is 2. The van der Waals surface area contributed by atoms with Crippen molar-refractivity contribution in [3.63, 3.8) is 0 Å². The Morgan fingerprint density at radius 1 is 0.568 bits per heavy atom. The maximum absolute atomic E-state index is 12.7. The number of anilines is 2. The second-order valence-electron chi connectivity index (χ2n) is 8.83. The molecule has 14 heteroatoms. The van der Waals surface area contributed by atoms with Crippen LogP contribution in [0.2, 0.25) is 0 Å². The highest BCUT2D eigenvalue weighted by Crippen LogP contribution is 2.35. The van der Waals surface area contributed by atoms with Gasteiger partial charge in [0.25, 0.3) is 24.8 Å². The number of aromatic carboxylic acids is 2. The van der Waals surface area contributed by atoms with E-state index in [1.54, 1.807) is 0 Å². The Balaban J connectivity index is 1.49. The van der Waals surface area contributed by atoms with Gasteiger partial charge in [-0.2, -0.15) is 0 Å². The van der Waals surface area contributed by atoms with Crippen LogP contribution in [0.15, 0.2) is 72.8 Å². The number of carboxylic acids is 2. The Hall–Kier alpha value is -6.70. The molecule has 0 aliphatic rings. The van der Waals surface area contributed by atoms with Crippen LogP contribution in [0.4, 0.5) is 11.4 Å². The summed E-state index contributed by atoms with van der Waals surface area (Å²) in [6.45, 7) is 0.216. The maximum atomic E-state index is 12.7. The first kappa shape index (κ1) is 30.3. The first-order valence-electron chi connectivity index (χ1n) is 12.3. The summed E-state index contributed by atoms with van der Waals surface area (Å²) in [6, 6.07) is 15.1. The van der Waals surface area contributed by atoms with Crippen LogP contribution >= 0.6 is 0 Å². The topological polar surface area (TPSA) is 226 Å². The first-order valence-corrected chi connectivity index (χ1v) is 12.3. The molecule has 0 atom stereocenters. The molecule has 4 aromatic carbocycles. The number of nitrogens with one attached hydrogen (secondary N) is 2. The summed E-state index contributed by atoms with van der Waals surface area (Å²) < 4.78 is 9.41. The average Bonchev–Trinajstić information content (AvgIpc) is 2.99. The van der Waals surface area contributed by atoms with E-state index in [0.717, 1.165) is 24.3 Å². The molecule has 0 heterocycles. The first-order chi connectivity index (χ1) is 21.0. The number of aromatic hydroxyl groups is 2. The van der Waals surface area contributed by atoms with Crippen molar-refractivity contribution >= 4 is 48.1 Å². The molecular weight excluding hydrogens is 580 g/mol. The lowest BCUT2D eigenvalue weighted by Gasteiger charge is -2.12. The Bertz CT molecular complexity index is 1830. The molecule has 0 aliphatic carbocycles. The molecule has 0 unspecified atom stereocenters. The quantitative estimate of drug-likeness (QED) is 0.107. The smallest absolute Gasteiger partial charge is 0.336 e. The number of hydrogen-bond donors (Lipinski definition) is 6. The molecule has 2 amide bonds. The molecule has 6 N–H and O–H groups in total. The van der Waals surface area contributed by atoms with Gasteiger partial charge in [0.2, 0.25) is 0 Å². The van der Waals surface area contributed by atoms with Crippen LogP contribution in [0, 0.1) is 0 Å². The zero-order valence-corrected chi connectivity index (χ0v) is 22.1. The highest BCUT2D eigenvalue weighted by molar-refractivity contribution is 6.09. The molecule has 44 heavy (non-hydrogen) atoms. The summed E-state index contributed by atoms with van der Waals surface area (Å²) in [6.07, 6.45) is 0. The summed E-state index contributed by atoms with van der Waals surface area (Å²) in [7, 11) is 0. The molecule has 0 aliphatic heterocycles. The molecule has 0 radical (unpaired) electrons. The largest absolute Gasteiger partial charge is 0.506 e. The molecule has 0 aromatic heterocycles. The zero-order chi connectivity index (χ0) is 32.0. The van der Waals surface area contributed by atoms with Gasteiger partial charge in [-0.25, -0.2) is 9.59 Å². The van der Waals surface area contributed by atoms with Crippen molar-refractivity contribution < 1.29 is 58.7 Å². The van der Waals surface area contributed by atoms with Crippen LogP contribution in [0.5, 0.6) is 23.0 Å². The third kappa shape index (κ3) is 6.60. The van der Waals surface area contributed by atoms with Crippen molar-refractivity contribution in [2.75, 3.05) is 10.6 Å². The lowest BCUT2D eigenvalue weighted by Crippen LogP contribution is -2.15. The third-order valence-corrected chi connectivity index (χ3v) is 6.12. The van der Waals surface area contributed by atoms with E-state index in [9.17, 15) is 44.1 Å². The van der Waals surface area contributed by atoms with Gasteiger partial charge in [0, 0.05) is 11.1 Å². The van der Waals surface area contributed by atoms with E-state index in [1.807, 2.05) is 0 Å². The second kappa shape index (κ2) is 12.9. The predicted molar refractivity (Wildman–Crippen MR) is 151 cm³/mol. The summed E-state index contributed by atoms with van der Waals surface area (Å²) >= 11 is 0. The van der Waals surface area contributed by atoms with Gasteiger partial charge in [0.1, 0.15) is 11.5 Å². The number of carbonyl (C=O) groups excluding carboxylic acids is 4. The second-order valence-corrected chi connectivity index (χ2v) is 8.83. The van der Waals surface area contributed by atoms with Crippen LogP contribution in [0.3, 0.4) is 0 Å². The molecule has 0 spiro atoms. The van der Waals surface area contributed by atoms with Gasteiger partial charge in [-0.1, -0.05) is 12.1 Å². The number of amides is 2. The van der Waals surface area contributed by atoms with Gasteiger partial charge < -0.3 is 40.5 Å². The Morgan fingerprint density at radius 2 is 1.05 bits per heavy atom. The van der Waals surface area contributed by atoms with Crippen LogP contribution in [-0.4, -0.2) is 57.1 Å². The van der Waals surface area contributed by atoms with Crippen molar-refractivity contribution in [2.24, 2.45) is 0 Å². The maximum Gasteiger partial charge on any atom is 0.336 e. The molecule has 0 saturated heterocycles. The van der Waals surface area contributed by atoms with E-state index in [-0.39, 0.29) is 58.4 Å². The van der Waals surface area contributed by atoms with Crippen molar-refractivity contribution in [1.82, 2.24) is 0 Å². The number of carboxylic acid groups (broad SMARTS) is 2. The van der Waals surface area contributed by atoms with Crippen molar-refractivity contribution in [2.45, 2.75) is 0 Å². The van der Waals surface area contributed by atoms with E-state index in [4.69, 9.17) is 9.84 Å². The summed E-state index contributed by atoms with van der Waals surface area (Å²) in [5.74, 6) is -5.47. The van der Waals surface area contributed by atoms with Gasteiger partial charge in [0.05, 0.1) is 22.5 Å². The number of rotatable bonds is 11. The average molecular weight is 600 g/mol. The van der Waals surface area contributed by atoms with Crippen molar-refractivity contribution in [3.8, 4) is 34.1 Å². The minimum atomic E-state index is -1.53. The predicted octanol–water partition coefficient (Wildman–Crippen LogP) is 3.74. The van der Waals surface area contributed by atoms with Crippen LogP contribution < -0.4 is 20.1 Å². The minimum Gasteiger partial charge on any atom is -0.506 e. The molecule has 4 rings (SSSR count). The van der Waals surface area contributed by atoms with Gasteiger partial charge >= 0.3 is 11.9 Å². The van der Waals surface area contributed by atoms with E-state index in [0.29, 0.717) is 11.1 Å². The fraction of sp³-hybridized carbons (Fsp3) is 0. The molecular formula is C30H20N2O12. The standard InChI is InChI=1S/C30H20N2O12/c33-13-43-25-8-4-18(12-26(25)44-14-34)28(38)32-22-7-3-16(11-24(22)36)15-2-6-21(23(35)10-15)31-27(37)17-1-5-19(29(39)40)20(9-17)30(41)42/h1-14,35-36H,(H,31,37)(H,32,38)(H,39,40)(H,41,42). The number of ether oxygens (including phenoxy) is 2. The van der Waals surface area contributed by atoms with Crippen LogP contribution in [0.1, 0.15) is 41.4 Å². The molecule has 222 valence electrons. The molecule has 0 fully saturated rings. The van der Waals surface area contributed by atoms with Crippen LogP contribution in [0.25, 0.3) is 11.1 Å². The third-order valence-electron chi connectivity index (χ3n) is 6.12. The van der Waals surface area contributed by atoms with Gasteiger partial charge in [-0.05, 0) is 71.8 Å². The zero-order valence-electron chi connectivity index (χ0n) is 22.1. The number of benzene rings is 4. The van der Waals surface area contributed by atoms with Crippen LogP contribution in [-0.2, 0) is 9.59 Å². The lowest BCUT2D eigenvalue weighted by molar-refractivity contribution is -0.123. The van der Waals surface area contributed by atoms with Gasteiger partial charge in [0.15, 0.2) is 11.5 Å².